The molecule has 0 aliphatic heterocycles. The fourth-order valence-corrected chi connectivity index (χ4v) is 0.787. The van der Waals surface area contributed by atoms with Crippen LogP contribution in [0.15, 0.2) is 5.18 Å². The molecule has 0 fully saturated rings. The lowest BCUT2D eigenvalue weighted by Crippen LogP contribution is -2.40. The largest absolute Gasteiger partial charge is 0.396 e. The van der Waals surface area contributed by atoms with Gasteiger partial charge in [0.1, 0.15) is 0 Å². The van der Waals surface area contributed by atoms with Crippen molar-refractivity contribution in [3.8, 4) is 0 Å². The number of hydrogen-bond donors (Lipinski definition) is 3. The van der Waals surface area contributed by atoms with Crippen LogP contribution in [0.5, 0.6) is 0 Å². The molecule has 0 aromatic carbocycles. The second-order valence-corrected chi connectivity index (χ2v) is 2.80. The molecule has 86 valence electrons. The Morgan fingerprint density at radius 2 is 1.60 bits per heavy atom. The zero-order chi connectivity index (χ0) is 11.5. The molecule has 7 heteroatoms. The monoisotopic (exact) mass is 217 g/mol. The summed E-state index contributed by atoms with van der Waals surface area (Å²) < 4.78 is 0. The van der Waals surface area contributed by atoms with E-state index in [4.69, 9.17) is 5.11 Å². The van der Waals surface area contributed by atoms with E-state index in [9.17, 15) is 14.5 Å². The quantitative estimate of drug-likeness (QED) is 0.281. The van der Waals surface area contributed by atoms with Crippen molar-refractivity contribution < 1.29 is 14.7 Å². The van der Waals surface area contributed by atoms with Crippen LogP contribution >= 0.6 is 0 Å². The van der Waals surface area contributed by atoms with E-state index >= 15 is 0 Å². The molecule has 0 unspecified atom stereocenters. The van der Waals surface area contributed by atoms with E-state index in [0.29, 0.717) is 12.8 Å². The number of nitroso groups, excluding NO2 is 1. The van der Waals surface area contributed by atoms with Gasteiger partial charge in [-0.05, 0) is 12.8 Å². The molecular formula is C8H15N3O4. The first kappa shape index (κ1) is 13.5. The number of hydrogen-bond acceptors (Lipinski definition) is 5. The first-order valence-corrected chi connectivity index (χ1v) is 4.68. The van der Waals surface area contributed by atoms with Gasteiger partial charge in [0.2, 0.25) is 0 Å². The van der Waals surface area contributed by atoms with Crippen molar-refractivity contribution in [2.24, 2.45) is 5.18 Å². The maximum atomic E-state index is 11.0. The van der Waals surface area contributed by atoms with Crippen LogP contribution < -0.4 is 10.6 Å². The van der Waals surface area contributed by atoms with Crippen molar-refractivity contribution in [2.75, 3.05) is 26.2 Å². The Morgan fingerprint density at radius 3 is 2.07 bits per heavy atom. The Bertz CT molecular complexity index is 220. The van der Waals surface area contributed by atoms with E-state index in [2.05, 4.69) is 15.8 Å². The Labute approximate surface area is 87.2 Å². The van der Waals surface area contributed by atoms with Crippen LogP contribution in [0.25, 0.3) is 0 Å². The maximum Gasteiger partial charge on any atom is 0.309 e. The van der Waals surface area contributed by atoms with Crippen molar-refractivity contribution in [3.05, 3.63) is 4.91 Å². The van der Waals surface area contributed by atoms with E-state index in [1.165, 1.54) is 0 Å². The number of aliphatic hydroxyl groups excluding tert-OH is 1. The van der Waals surface area contributed by atoms with E-state index < -0.39 is 11.8 Å². The summed E-state index contributed by atoms with van der Waals surface area (Å²) >= 11 is 0. The second-order valence-electron chi connectivity index (χ2n) is 2.80. The molecule has 15 heavy (non-hydrogen) atoms. The van der Waals surface area contributed by atoms with Gasteiger partial charge in [0.25, 0.3) is 0 Å². The molecule has 0 radical (unpaired) electrons. The lowest BCUT2D eigenvalue weighted by Gasteiger charge is -2.04. The van der Waals surface area contributed by atoms with Crippen LogP contribution in [0.1, 0.15) is 12.8 Å². The van der Waals surface area contributed by atoms with Crippen molar-refractivity contribution in [3.63, 3.8) is 0 Å². The van der Waals surface area contributed by atoms with Gasteiger partial charge in [-0.3, -0.25) is 9.59 Å². The van der Waals surface area contributed by atoms with Crippen LogP contribution in [-0.2, 0) is 9.59 Å². The number of rotatable bonds is 7. The van der Waals surface area contributed by atoms with Crippen molar-refractivity contribution >= 4 is 11.8 Å². The van der Waals surface area contributed by atoms with Crippen LogP contribution in [0, 0.1) is 4.91 Å². The summed E-state index contributed by atoms with van der Waals surface area (Å²) in [6.45, 7) is 0.593. The van der Waals surface area contributed by atoms with Gasteiger partial charge in [0.05, 0.1) is 6.54 Å². The Kier molecular flexibility index (Phi) is 8.16. The summed E-state index contributed by atoms with van der Waals surface area (Å²) in [5.74, 6) is -1.47. The van der Waals surface area contributed by atoms with E-state index in [1.54, 1.807) is 0 Å². The first-order valence-electron chi connectivity index (χ1n) is 4.68. The van der Waals surface area contributed by atoms with Gasteiger partial charge in [-0.15, -0.1) is 0 Å². The highest BCUT2D eigenvalue weighted by Crippen LogP contribution is 1.79. The average Bonchev–Trinajstić information content (AvgIpc) is 2.24. The Morgan fingerprint density at radius 1 is 1.07 bits per heavy atom. The number of carbonyl (C=O) groups excluding carboxylic acids is 2. The topological polar surface area (TPSA) is 108 Å². The average molecular weight is 217 g/mol. The normalized spacial score (nSPS) is 9.40. The van der Waals surface area contributed by atoms with Crippen molar-refractivity contribution in [1.29, 1.82) is 0 Å². The molecule has 0 bridgehead atoms. The summed E-state index contributed by atoms with van der Waals surface area (Å²) in [4.78, 5) is 31.7. The van der Waals surface area contributed by atoms with Crippen LogP contribution in [0.2, 0.25) is 0 Å². The van der Waals surface area contributed by atoms with Crippen LogP contribution in [0.4, 0.5) is 0 Å². The zero-order valence-electron chi connectivity index (χ0n) is 8.36. The summed E-state index contributed by atoms with van der Waals surface area (Å²) in [7, 11) is 0. The third-order valence-corrected chi connectivity index (χ3v) is 1.54. The highest BCUT2D eigenvalue weighted by atomic mass is 16.3. The molecule has 0 rings (SSSR count). The molecular weight excluding hydrogens is 202 g/mol. The van der Waals surface area contributed by atoms with Crippen LogP contribution in [0.3, 0.4) is 0 Å². The van der Waals surface area contributed by atoms with Gasteiger partial charge in [-0.2, -0.15) is 4.91 Å². The molecule has 0 aliphatic carbocycles. The smallest absolute Gasteiger partial charge is 0.309 e. The predicted molar refractivity (Wildman–Crippen MR) is 53.0 cm³/mol. The molecule has 0 aromatic rings. The molecule has 0 saturated carbocycles. The number of nitrogens with one attached hydrogen (secondary N) is 2. The molecule has 2 amide bonds. The highest BCUT2D eigenvalue weighted by molar-refractivity contribution is 6.35. The summed E-state index contributed by atoms with van der Waals surface area (Å²) in [5, 5.41) is 15.7. The Balaban J connectivity index is 3.51. The number of nitrogens with zero attached hydrogens (tertiary/aromatic N) is 1. The lowest BCUT2D eigenvalue weighted by molar-refractivity contribution is -0.139. The molecule has 3 N–H and O–H groups in total. The number of amides is 2. The van der Waals surface area contributed by atoms with Gasteiger partial charge in [0.15, 0.2) is 0 Å². The number of carbonyl (C=O) groups is 2. The van der Waals surface area contributed by atoms with E-state index in [0.717, 1.165) is 0 Å². The lowest BCUT2D eigenvalue weighted by atomic mass is 10.4. The molecule has 0 spiro atoms. The van der Waals surface area contributed by atoms with Gasteiger partial charge in [0, 0.05) is 19.7 Å². The third kappa shape index (κ3) is 7.56. The maximum absolute atomic E-state index is 11.0. The van der Waals surface area contributed by atoms with E-state index in [1.807, 2.05) is 0 Å². The molecule has 0 saturated heterocycles. The van der Waals surface area contributed by atoms with Crippen LogP contribution in [-0.4, -0.2) is 43.2 Å². The number of aliphatic hydroxyl groups is 1. The summed E-state index contributed by atoms with van der Waals surface area (Å²) in [6.07, 6.45) is 0.827. The molecule has 0 heterocycles. The fourth-order valence-electron chi connectivity index (χ4n) is 0.787. The summed E-state index contributed by atoms with van der Waals surface area (Å²) in [6, 6.07) is 0. The van der Waals surface area contributed by atoms with Crippen molar-refractivity contribution in [2.45, 2.75) is 12.8 Å². The van der Waals surface area contributed by atoms with Gasteiger partial charge >= 0.3 is 11.8 Å². The standard InChI is InChI=1S/C8H15N3O4/c12-6-2-4-10-8(14)7(13)9-3-1-5-11-15/h12H,1-6H2,(H,9,13)(H,10,14). The minimum atomic E-state index is -0.737. The fraction of sp³-hybridized carbons (Fsp3) is 0.750. The van der Waals surface area contributed by atoms with Gasteiger partial charge < -0.3 is 15.7 Å². The van der Waals surface area contributed by atoms with Crippen molar-refractivity contribution in [1.82, 2.24) is 10.6 Å². The highest BCUT2D eigenvalue weighted by Gasteiger charge is 2.10. The summed E-state index contributed by atoms with van der Waals surface area (Å²) in [5.41, 5.74) is 0. The second kappa shape index (κ2) is 9.07. The molecule has 0 aliphatic rings. The molecule has 7 nitrogen and oxygen atoms in total. The Hall–Kier alpha value is -1.50. The van der Waals surface area contributed by atoms with Gasteiger partial charge in [-0.25, -0.2) is 0 Å². The minimum Gasteiger partial charge on any atom is -0.396 e. The minimum absolute atomic E-state index is 0.0348. The SMILES string of the molecule is O=NCCCNC(=O)C(=O)NCCCO. The molecule has 0 atom stereocenters. The van der Waals surface area contributed by atoms with Gasteiger partial charge in [-0.1, -0.05) is 5.18 Å². The zero-order valence-corrected chi connectivity index (χ0v) is 8.36. The molecule has 0 aromatic heterocycles. The third-order valence-electron chi connectivity index (χ3n) is 1.54. The van der Waals surface area contributed by atoms with E-state index in [-0.39, 0.29) is 26.2 Å². The first-order chi connectivity index (χ1) is 7.22. The predicted octanol–water partition coefficient (Wildman–Crippen LogP) is -1.24.